The van der Waals surface area contributed by atoms with Gasteiger partial charge in [-0.25, -0.2) is 4.39 Å². The van der Waals surface area contributed by atoms with E-state index in [1.165, 1.54) is 17.4 Å². The first-order chi connectivity index (χ1) is 24.9. The van der Waals surface area contributed by atoms with Crippen molar-refractivity contribution in [3.05, 3.63) is 71.8 Å². The molecule has 0 N–H and O–H groups in total. The molecule has 51 heavy (non-hydrogen) atoms. The van der Waals surface area contributed by atoms with Crippen LogP contribution in [0.4, 0.5) is 4.39 Å². The first-order valence-corrected chi connectivity index (χ1v) is 18.3. The minimum atomic E-state index is -0.499. The van der Waals surface area contributed by atoms with Gasteiger partial charge in [-0.15, -0.1) is 11.3 Å². The van der Waals surface area contributed by atoms with E-state index in [-0.39, 0.29) is 30.5 Å². The number of amides is 1. The number of hydrogen-bond donors (Lipinski definition) is 0. The Morgan fingerprint density at radius 1 is 0.863 bits per heavy atom. The molecule has 0 spiro atoms. The van der Waals surface area contributed by atoms with E-state index >= 15 is 4.39 Å². The number of ketones is 1. The highest BCUT2D eigenvalue weighted by Gasteiger charge is 2.25. The molecule has 13 heteroatoms. The minimum Gasteiger partial charge on any atom is -0.453 e. The van der Waals surface area contributed by atoms with Crippen LogP contribution in [0.1, 0.15) is 30.4 Å². The van der Waals surface area contributed by atoms with E-state index in [0.29, 0.717) is 76.4 Å². The second-order valence-electron chi connectivity index (χ2n) is 12.8. The van der Waals surface area contributed by atoms with Crippen LogP contribution in [-0.2, 0) is 41.5 Å². The number of hydrogen-bond acceptors (Lipinski definition) is 11. The van der Waals surface area contributed by atoms with Crippen molar-refractivity contribution in [2.24, 2.45) is 5.92 Å². The van der Waals surface area contributed by atoms with Crippen LogP contribution in [0.25, 0.3) is 20.8 Å². The lowest BCUT2D eigenvalue weighted by Crippen LogP contribution is -2.49. The van der Waals surface area contributed by atoms with E-state index in [1.54, 1.807) is 31.5 Å². The van der Waals surface area contributed by atoms with E-state index in [0.717, 1.165) is 58.8 Å². The molecule has 272 valence electrons. The molecule has 1 aliphatic heterocycles. The first-order valence-electron chi connectivity index (χ1n) is 17.5. The van der Waals surface area contributed by atoms with Gasteiger partial charge in [0.25, 0.3) is 0 Å². The highest BCUT2D eigenvalue weighted by Crippen LogP contribution is 2.39. The molecule has 0 atom stereocenters. The summed E-state index contributed by atoms with van der Waals surface area (Å²) in [6.45, 7) is 6.48. The number of Topliss-reactive ketones (excluding diaryl/α,β-unsaturated/α-hetero) is 1. The van der Waals surface area contributed by atoms with E-state index in [2.05, 4.69) is 16.0 Å². The number of carbonyl (C=O) groups is 2. The third kappa shape index (κ3) is 11.1. The fourth-order valence-corrected chi connectivity index (χ4v) is 6.87. The Morgan fingerprint density at radius 2 is 1.61 bits per heavy atom. The third-order valence-electron chi connectivity index (χ3n) is 8.82. The number of ether oxygens (including phenoxy) is 5. The first kappa shape index (κ1) is 36.9. The molecule has 0 radical (unpaired) electrons. The van der Waals surface area contributed by atoms with Gasteiger partial charge in [0.15, 0.2) is 11.6 Å². The summed E-state index contributed by atoms with van der Waals surface area (Å²) < 4.78 is 43.1. The molecule has 0 bridgehead atoms. The smallest absolute Gasteiger partial charge is 0.248 e. The van der Waals surface area contributed by atoms with Crippen molar-refractivity contribution in [1.29, 1.82) is 0 Å². The summed E-state index contributed by atoms with van der Waals surface area (Å²) in [5.41, 5.74) is 3.30. The summed E-state index contributed by atoms with van der Waals surface area (Å²) in [5.74, 6) is 0.776. The quantitative estimate of drug-likeness (QED) is 0.108. The number of nitrogens with zero attached hydrogens (tertiary/aromatic N) is 4. The molecule has 2 fully saturated rings. The Kier molecular flexibility index (Phi) is 13.5. The van der Waals surface area contributed by atoms with Gasteiger partial charge in [-0.1, -0.05) is 12.1 Å². The molecule has 11 nitrogen and oxygen atoms in total. The number of halogens is 1. The summed E-state index contributed by atoms with van der Waals surface area (Å²) in [6, 6.07) is 12.5. The second-order valence-corrected chi connectivity index (χ2v) is 13.9. The average molecular weight is 721 g/mol. The molecule has 6 rings (SSSR count). The summed E-state index contributed by atoms with van der Waals surface area (Å²) >= 11 is 1.49. The van der Waals surface area contributed by atoms with Gasteiger partial charge in [0.05, 0.1) is 60.4 Å². The lowest BCUT2D eigenvalue weighted by atomic mass is 10.0. The molecule has 0 unspecified atom stereocenters. The number of carbonyl (C=O) groups excluding carboxylic acids is 2. The van der Waals surface area contributed by atoms with Gasteiger partial charge in [0, 0.05) is 71.1 Å². The van der Waals surface area contributed by atoms with Crippen LogP contribution in [0.3, 0.4) is 0 Å². The van der Waals surface area contributed by atoms with Crippen LogP contribution in [0.2, 0.25) is 0 Å². The summed E-state index contributed by atoms with van der Waals surface area (Å²) in [6.07, 6.45) is 6.59. The molecule has 3 aromatic heterocycles. The monoisotopic (exact) mass is 720 g/mol. The van der Waals surface area contributed by atoms with Crippen LogP contribution >= 0.6 is 11.3 Å². The van der Waals surface area contributed by atoms with E-state index in [9.17, 15) is 9.59 Å². The van der Waals surface area contributed by atoms with Gasteiger partial charge < -0.3 is 28.6 Å². The fraction of sp³-hybridized carbons (Fsp3) is 0.474. The van der Waals surface area contributed by atoms with Crippen molar-refractivity contribution in [1.82, 2.24) is 19.8 Å². The number of piperazine rings is 1. The molecule has 1 saturated carbocycles. The Labute approximate surface area is 301 Å². The van der Waals surface area contributed by atoms with Crippen LogP contribution in [0.15, 0.2) is 54.9 Å². The maximum Gasteiger partial charge on any atom is 0.248 e. The van der Waals surface area contributed by atoms with Crippen molar-refractivity contribution in [3.63, 3.8) is 0 Å². The van der Waals surface area contributed by atoms with Gasteiger partial charge in [0.1, 0.15) is 18.1 Å². The van der Waals surface area contributed by atoms with Gasteiger partial charge in [-0.3, -0.25) is 24.5 Å². The fourth-order valence-electron chi connectivity index (χ4n) is 5.83. The lowest BCUT2D eigenvalue weighted by molar-refractivity contribution is -0.138. The molecule has 1 saturated heterocycles. The van der Waals surface area contributed by atoms with E-state index in [1.807, 2.05) is 23.2 Å². The molecule has 1 aromatic carbocycles. The van der Waals surface area contributed by atoms with Crippen molar-refractivity contribution < 1.29 is 37.7 Å². The number of pyridine rings is 2. The zero-order valence-corrected chi connectivity index (χ0v) is 29.8. The van der Waals surface area contributed by atoms with Crippen LogP contribution < -0.4 is 4.74 Å². The Hall–Kier alpha value is -3.85. The molecule has 1 aliphatic carbocycles. The Bertz CT molecular complexity index is 1740. The van der Waals surface area contributed by atoms with Crippen molar-refractivity contribution in [2.75, 3.05) is 79.5 Å². The number of rotatable bonds is 20. The number of methoxy groups -OCH3 is 1. The number of fused-ring (bicyclic) bond motifs is 1. The zero-order valence-electron chi connectivity index (χ0n) is 29.0. The summed E-state index contributed by atoms with van der Waals surface area (Å²) in [7, 11) is 1.63. The number of aromatic nitrogens is 2. The average Bonchev–Trinajstić information content (AvgIpc) is 3.84. The van der Waals surface area contributed by atoms with Gasteiger partial charge in [0.2, 0.25) is 5.91 Å². The lowest BCUT2D eigenvalue weighted by Gasteiger charge is -2.34. The topological polar surface area (TPSA) is 113 Å². The van der Waals surface area contributed by atoms with Crippen molar-refractivity contribution in [3.8, 4) is 22.1 Å². The third-order valence-corrected chi connectivity index (χ3v) is 9.98. The van der Waals surface area contributed by atoms with Crippen LogP contribution in [-0.4, -0.2) is 111 Å². The van der Waals surface area contributed by atoms with Crippen molar-refractivity contribution in [2.45, 2.75) is 32.2 Å². The normalized spacial score (nSPS) is 15.1. The summed E-state index contributed by atoms with van der Waals surface area (Å²) in [5, 5.41) is 0. The predicted octanol–water partition coefficient (Wildman–Crippen LogP) is 5.54. The van der Waals surface area contributed by atoms with E-state index < -0.39 is 5.82 Å². The molecule has 4 heterocycles. The number of thiophene rings is 1. The standard InChI is InChI=1S/C38H45FN4O7S/c1-46-14-15-47-16-17-48-18-19-49-26-37(45)43-12-10-42(11-13-43)25-29-4-6-32(41-24-29)36-23-33-38(51-36)35(8-9-40-33)50-34-7-5-28(22-31(34)39)21-30(44)20-27-2-3-27/h4-9,22-24,27H,2-3,10-21,25-26H2,1H3. The molecule has 4 aromatic rings. The maximum absolute atomic E-state index is 15.0. The Balaban J connectivity index is 0.944. The SMILES string of the molecule is COCCOCCOCCOCC(=O)N1CCN(Cc2ccc(-c3cc4nccc(Oc5ccc(CC(=O)CC6CC6)cc5F)c4s3)nc2)CC1. The predicted molar refractivity (Wildman–Crippen MR) is 192 cm³/mol. The molecular weight excluding hydrogens is 676 g/mol. The highest BCUT2D eigenvalue weighted by atomic mass is 32.1. The maximum atomic E-state index is 15.0. The zero-order chi connectivity index (χ0) is 35.4. The van der Waals surface area contributed by atoms with Crippen LogP contribution in [0.5, 0.6) is 11.5 Å². The summed E-state index contributed by atoms with van der Waals surface area (Å²) in [4.78, 5) is 39.2. The second kappa shape index (κ2) is 18.6. The molecular formula is C38H45FN4O7S. The largest absolute Gasteiger partial charge is 0.453 e. The van der Waals surface area contributed by atoms with Crippen molar-refractivity contribution >= 4 is 33.2 Å². The molecule has 2 aliphatic rings. The Morgan fingerprint density at radius 3 is 2.31 bits per heavy atom. The highest BCUT2D eigenvalue weighted by molar-refractivity contribution is 7.22. The minimum absolute atomic E-state index is 0.00919. The van der Waals surface area contributed by atoms with Gasteiger partial charge >= 0.3 is 0 Å². The number of benzene rings is 1. The van der Waals surface area contributed by atoms with Gasteiger partial charge in [-0.2, -0.15) is 0 Å². The van der Waals surface area contributed by atoms with Gasteiger partial charge in [-0.05, 0) is 54.2 Å². The molecule has 1 amide bonds. The van der Waals surface area contributed by atoms with Crippen LogP contribution in [0, 0.1) is 11.7 Å². The van der Waals surface area contributed by atoms with E-state index in [4.69, 9.17) is 28.7 Å².